The fourth-order valence-electron chi connectivity index (χ4n) is 4.12. The number of nitrogens with zero attached hydrogens (tertiary/aromatic N) is 3. The van der Waals surface area contributed by atoms with Gasteiger partial charge in [0.1, 0.15) is 5.82 Å². The van der Waals surface area contributed by atoms with Crippen molar-refractivity contribution in [2.45, 2.75) is 53.1 Å². The number of nitrogens with one attached hydrogen (secondary N) is 2. The molecule has 0 aliphatic rings. The Morgan fingerprint density at radius 1 is 1.06 bits per heavy atom. The van der Waals surface area contributed by atoms with E-state index in [-0.39, 0.29) is 35.8 Å². The van der Waals surface area contributed by atoms with E-state index in [9.17, 15) is 9.59 Å². The van der Waals surface area contributed by atoms with Gasteiger partial charge in [0, 0.05) is 11.9 Å². The summed E-state index contributed by atoms with van der Waals surface area (Å²) in [5.74, 6) is 1.06. The summed E-state index contributed by atoms with van der Waals surface area (Å²) >= 11 is 0. The van der Waals surface area contributed by atoms with Crippen LogP contribution in [0.15, 0.2) is 53.3 Å². The molecule has 2 aromatic heterocycles. The van der Waals surface area contributed by atoms with Crippen LogP contribution in [0, 0.1) is 11.8 Å². The summed E-state index contributed by atoms with van der Waals surface area (Å²) in [6, 6.07) is 15.0. The van der Waals surface area contributed by atoms with Crippen LogP contribution in [-0.4, -0.2) is 25.7 Å². The third kappa shape index (κ3) is 4.82. The maximum Gasteiger partial charge on any atom is 0.274 e. The molecule has 0 spiro atoms. The SMILES string of the molecule is CCC(C)C(NC(=O)Cc1nn(CC(C)C)c(=O)c2ccccc12)c1nc2ccccc2[nH]1. The average Bonchev–Trinajstić information content (AvgIpc) is 3.23. The lowest BCUT2D eigenvalue weighted by Gasteiger charge is -2.22. The molecule has 7 nitrogen and oxygen atoms in total. The van der Waals surface area contributed by atoms with Crippen LogP contribution in [0.1, 0.15) is 51.7 Å². The molecule has 0 aliphatic carbocycles. The highest BCUT2D eigenvalue weighted by Gasteiger charge is 2.24. The second kappa shape index (κ2) is 9.57. The maximum absolute atomic E-state index is 13.2. The number of para-hydroxylation sites is 2. The normalized spacial score (nSPS) is 13.5. The van der Waals surface area contributed by atoms with Crippen molar-refractivity contribution in [2.75, 3.05) is 0 Å². The van der Waals surface area contributed by atoms with Gasteiger partial charge in [-0.3, -0.25) is 9.59 Å². The van der Waals surface area contributed by atoms with E-state index in [0.717, 1.165) is 28.7 Å². The van der Waals surface area contributed by atoms with Crippen LogP contribution in [0.3, 0.4) is 0 Å². The summed E-state index contributed by atoms with van der Waals surface area (Å²) in [4.78, 5) is 34.2. The van der Waals surface area contributed by atoms with Crippen LogP contribution in [0.2, 0.25) is 0 Å². The van der Waals surface area contributed by atoms with E-state index in [1.165, 1.54) is 4.68 Å². The number of carbonyl (C=O) groups is 1. The van der Waals surface area contributed by atoms with E-state index < -0.39 is 0 Å². The molecule has 0 bridgehead atoms. The third-order valence-corrected chi connectivity index (χ3v) is 6.04. The number of hydrogen-bond acceptors (Lipinski definition) is 4. The minimum absolute atomic E-state index is 0.0893. The smallest absolute Gasteiger partial charge is 0.274 e. The largest absolute Gasteiger partial charge is 0.346 e. The Kier molecular flexibility index (Phi) is 6.58. The first-order chi connectivity index (χ1) is 15.9. The van der Waals surface area contributed by atoms with Crippen LogP contribution < -0.4 is 10.9 Å². The van der Waals surface area contributed by atoms with Crippen molar-refractivity contribution in [1.82, 2.24) is 25.1 Å². The van der Waals surface area contributed by atoms with Crippen LogP contribution in [0.4, 0.5) is 0 Å². The van der Waals surface area contributed by atoms with E-state index in [0.29, 0.717) is 17.6 Å². The van der Waals surface area contributed by atoms with Gasteiger partial charge in [-0.25, -0.2) is 9.67 Å². The first-order valence-corrected chi connectivity index (χ1v) is 11.6. The molecule has 2 heterocycles. The number of carbonyl (C=O) groups excluding carboxylic acids is 1. The molecule has 172 valence electrons. The van der Waals surface area contributed by atoms with E-state index >= 15 is 0 Å². The molecule has 0 saturated heterocycles. The summed E-state index contributed by atoms with van der Waals surface area (Å²) < 4.78 is 1.49. The lowest BCUT2D eigenvalue weighted by atomic mass is 9.98. The van der Waals surface area contributed by atoms with Gasteiger partial charge in [0.05, 0.1) is 34.6 Å². The van der Waals surface area contributed by atoms with E-state index in [2.05, 4.69) is 29.2 Å². The van der Waals surface area contributed by atoms with E-state index in [1.54, 1.807) is 6.07 Å². The highest BCUT2D eigenvalue weighted by Crippen LogP contribution is 2.25. The number of rotatable bonds is 8. The van der Waals surface area contributed by atoms with Gasteiger partial charge in [0.15, 0.2) is 0 Å². The van der Waals surface area contributed by atoms with E-state index in [4.69, 9.17) is 4.98 Å². The highest BCUT2D eigenvalue weighted by atomic mass is 16.2. The zero-order chi connectivity index (χ0) is 23.5. The molecule has 0 aliphatic heterocycles. The predicted molar refractivity (Wildman–Crippen MR) is 131 cm³/mol. The molecular weight excluding hydrogens is 414 g/mol. The summed E-state index contributed by atoms with van der Waals surface area (Å²) in [5.41, 5.74) is 2.31. The van der Waals surface area contributed by atoms with Crippen molar-refractivity contribution < 1.29 is 4.79 Å². The van der Waals surface area contributed by atoms with Crippen molar-refractivity contribution in [3.05, 3.63) is 70.4 Å². The zero-order valence-electron chi connectivity index (χ0n) is 19.6. The minimum Gasteiger partial charge on any atom is -0.346 e. The van der Waals surface area contributed by atoms with Crippen molar-refractivity contribution in [2.24, 2.45) is 11.8 Å². The van der Waals surface area contributed by atoms with Gasteiger partial charge in [0.2, 0.25) is 5.91 Å². The lowest BCUT2D eigenvalue weighted by Crippen LogP contribution is -2.35. The Morgan fingerprint density at radius 3 is 2.45 bits per heavy atom. The molecule has 0 fully saturated rings. The van der Waals surface area contributed by atoms with Gasteiger partial charge in [-0.05, 0) is 30.0 Å². The van der Waals surface area contributed by atoms with Gasteiger partial charge in [-0.1, -0.05) is 64.4 Å². The first kappa shape index (κ1) is 22.7. The number of H-pyrrole nitrogens is 1. The number of benzene rings is 2. The molecule has 33 heavy (non-hydrogen) atoms. The summed E-state index contributed by atoms with van der Waals surface area (Å²) in [6.07, 6.45) is 0.981. The quantitative estimate of drug-likeness (QED) is 0.421. The zero-order valence-corrected chi connectivity index (χ0v) is 19.6. The molecule has 1 amide bonds. The van der Waals surface area contributed by atoms with Crippen LogP contribution in [-0.2, 0) is 17.8 Å². The summed E-state index contributed by atoms with van der Waals surface area (Å²) in [7, 11) is 0. The number of fused-ring (bicyclic) bond motifs is 2. The number of imidazole rings is 1. The molecule has 2 unspecified atom stereocenters. The highest BCUT2D eigenvalue weighted by molar-refractivity contribution is 5.88. The summed E-state index contributed by atoms with van der Waals surface area (Å²) in [5, 5.41) is 9.07. The second-order valence-corrected chi connectivity index (χ2v) is 9.12. The lowest BCUT2D eigenvalue weighted by molar-refractivity contribution is -0.121. The van der Waals surface area contributed by atoms with Crippen molar-refractivity contribution in [3.63, 3.8) is 0 Å². The number of amides is 1. The third-order valence-electron chi connectivity index (χ3n) is 6.04. The topological polar surface area (TPSA) is 92.7 Å². The predicted octanol–water partition coefficient (Wildman–Crippen LogP) is 4.37. The van der Waals surface area contributed by atoms with Gasteiger partial charge >= 0.3 is 0 Å². The molecule has 4 aromatic rings. The average molecular weight is 446 g/mol. The molecule has 2 N–H and O–H groups in total. The second-order valence-electron chi connectivity index (χ2n) is 9.12. The van der Waals surface area contributed by atoms with Crippen molar-refractivity contribution >= 4 is 27.7 Å². The molecule has 0 saturated carbocycles. The summed E-state index contributed by atoms with van der Waals surface area (Å²) in [6.45, 7) is 8.80. The van der Waals surface area contributed by atoms with Gasteiger partial charge < -0.3 is 10.3 Å². The van der Waals surface area contributed by atoms with Crippen molar-refractivity contribution in [3.8, 4) is 0 Å². The fourth-order valence-corrected chi connectivity index (χ4v) is 4.12. The van der Waals surface area contributed by atoms with Gasteiger partial charge in [-0.15, -0.1) is 0 Å². The first-order valence-electron chi connectivity index (χ1n) is 11.6. The fraction of sp³-hybridized carbons (Fsp3) is 0.385. The molecule has 2 atom stereocenters. The van der Waals surface area contributed by atoms with Crippen LogP contribution >= 0.6 is 0 Å². The molecular formula is C26H31N5O2. The molecule has 2 aromatic carbocycles. The Labute approximate surface area is 193 Å². The minimum atomic E-state index is -0.247. The molecule has 4 rings (SSSR count). The Bertz CT molecular complexity index is 1300. The van der Waals surface area contributed by atoms with Gasteiger partial charge in [0.25, 0.3) is 5.56 Å². The van der Waals surface area contributed by atoms with Crippen LogP contribution in [0.5, 0.6) is 0 Å². The number of aromatic nitrogens is 4. The number of aromatic amines is 1. The maximum atomic E-state index is 13.2. The van der Waals surface area contributed by atoms with E-state index in [1.807, 2.05) is 56.3 Å². The van der Waals surface area contributed by atoms with Gasteiger partial charge in [-0.2, -0.15) is 5.10 Å². The number of hydrogen-bond donors (Lipinski definition) is 2. The molecule has 0 radical (unpaired) electrons. The molecule has 7 heteroatoms. The van der Waals surface area contributed by atoms with Crippen molar-refractivity contribution in [1.29, 1.82) is 0 Å². The standard InChI is InChI=1S/C26H31N5O2/c1-5-17(4)24(25-27-20-12-8-9-13-21(20)28-25)29-23(32)14-22-18-10-6-7-11-19(18)26(33)31(30-22)15-16(2)3/h6-13,16-17,24H,5,14-15H2,1-4H3,(H,27,28)(H,29,32). The Morgan fingerprint density at radius 2 is 1.76 bits per heavy atom. The monoisotopic (exact) mass is 445 g/mol. The Balaban J connectivity index is 1.65. The Hall–Kier alpha value is -3.48. The van der Waals surface area contributed by atoms with Crippen LogP contribution in [0.25, 0.3) is 21.8 Å².